The van der Waals surface area contributed by atoms with Gasteiger partial charge in [0.1, 0.15) is 0 Å². The van der Waals surface area contributed by atoms with Gasteiger partial charge in [0.2, 0.25) is 0 Å². The summed E-state index contributed by atoms with van der Waals surface area (Å²) in [4.78, 5) is 18.9. The van der Waals surface area contributed by atoms with Crippen LogP contribution in [0.1, 0.15) is 0 Å². The molecule has 10 heavy (non-hydrogen) atoms. The summed E-state index contributed by atoms with van der Waals surface area (Å²) in [5.74, 6) is -1.24. The Kier molecular flexibility index (Phi) is 2.89. The van der Waals surface area contributed by atoms with Crippen molar-refractivity contribution in [2.24, 2.45) is 0 Å². The van der Waals surface area contributed by atoms with Crippen LogP contribution in [0, 0.1) is 10.1 Å². The van der Waals surface area contributed by atoms with Gasteiger partial charge in [-0.25, -0.2) is 4.79 Å². The standard InChI is InChI=1S/C4H5NO5/c1-10-4(7)3(2-6)5(8)9/h2,6H,1H3/p-1/b3-2-. The van der Waals surface area contributed by atoms with Gasteiger partial charge in [-0.3, -0.25) is 10.1 Å². The molecule has 0 aliphatic carbocycles. The molecule has 0 spiro atoms. The number of rotatable bonds is 2. The molecule has 0 unspecified atom stereocenters. The van der Waals surface area contributed by atoms with Crippen LogP contribution in [0.5, 0.6) is 0 Å². The molecule has 0 saturated heterocycles. The van der Waals surface area contributed by atoms with E-state index in [1.165, 1.54) is 0 Å². The molecule has 0 rings (SSSR count). The van der Waals surface area contributed by atoms with E-state index < -0.39 is 16.6 Å². The van der Waals surface area contributed by atoms with Crippen LogP contribution in [-0.2, 0) is 9.53 Å². The number of hydrogen-bond acceptors (Lipinski definition) is 5. The van der Waals surface area contributed by atoms with Crippen molar-refractivity contribution in [1.82, 2.24) is 0 Å². The minimum Gasteiger partial charge on any atom is -0.873 e. The lowest BCUT2D eigenvalue weighted by Gasteiger charge is -1.96. The summed E-state index contributed by atoms with van der Waals surface area (Å²) in [5.41, 5.74) is -1.09. The zero-order valence-corrected chi connectivity index (χ0v) is 5.07. The summed E-state index contributed by atoms with van der Waals surface area (Å²) in [6.45, 7) is 0. The largest absolute Gasteiger partial charge is 0.873 e. The molecule has 0 heterocycles. The van der Waals surface area contributed by atoms with Gasteiger partial charge in [0.15, 0.2) is 0 Å². The second kappa shape index (κ2) is 3.44. The fourth-order valence-electron chi connectivity index (χ4n) is 0.270. The molecular weight excluding hydrogens is 142 g/mol. The molecule has 0 aromatic carbocycles. The Hall–Kier alpha value is -1.59. The highest BCUT2D eigenvalue weighted by Crippen LogP contribution is 1.94. The first kappa shape index (κ1) is 8.41. The molecule has 0 N–H and O–H groups in total. The zero-order valence-electron chi connectivity index (χ0n) is 5.07. The van der Waals surface area contributed by atoms with Crippen LogP contribution < -0.4 is 5.11 Å². The van der Waals surface area contributed by atoms with Gasteiger partial charge in [-0.15, -0.1) is 0 Å². The molecule has 0 aromatic rings. The van der Waals surface area contributed by atoms with Crippen molar-refractivity contribution in [2.45, 2.75) is 0 Å². The third-order valence-electron chi connectivity index (χ3n) is 0.703. The maximum Gasteiger partial charge on any atom is 0.408 e. The molecule has 0 aliphatic rings. The first-order valence-corrected chi connectivity index (χ1v) is 2.18. The first-order valence-electron chi connectivity index (χ1n) is 2.18. The summed E-state index contributed by atoms with van der Waals surface area (Å²) in [5, 5.41) is 19.5. The number of nitro groups is 1. The topological polar surface area (TPSA) is 92.5 Å². The van der Waals surface area contributed by atoms with E-state index in [1.807, 2.05) is 0 Å². The van der Waals surface area contributed by atoms with E-state index >= 15 is 0 Å². The predicted octanol–water partition coefficient (Wildman–Crippen LogP) is -1.36. The molecule has 0 aliphatic heterocycles. The number of esters is 1. The van der Waals surface area contributed by atoms with Gasteiger partial charge in [-0.1, -0.05) is 6.26 Å². The number of nitrogens with zero attached hydrogens (tertiary/aromatic N) is 1. The number of hydrogen-bond donors (Lipinski definition) is 0. The second-order valence-corrected chi connectivity index (χ2v) is 1.25. The van der Waals surface area contributed by atoms with Gasteiger partial charge in [0.05, 0.1) is 12.0 Å². The maximum atomic E-state index is 10.3. The highest BCUT2D eigenvalue weighted by atomic mass is 16.6. The smallest absolute Gasteiger partial charge is 0.408 e. The minimum atomic E-state index is -1.24. The Balaban J connectivity index is 4.39. The molecule has 0 bridgehead atoms. The van der Waals surface area contributed by atoms with Gasteiger partial charge in [-0.2, -0.15) is 0 Å². The fraction of sp³-hybridized carbons (Fsp3) is 0.250. The SMILES string of the molecule is COC(=O)/C(=C/[O-])[N+](=O)[O-]. The highest BCUT2D eigenvalue weighted by molar-refractivity contribution is 5.85. The van der Waals surface area contributed by atoms with Crippen molar-refractivity contribution >= 4 is 5.97 Å². The normalized spacial score (nSPS) is 10.7. The molecule has 6 nitrogen and oxygen atoms in total. The van der Waals surface area contributed by atoms with Crippen LogP contribution in [-0.4, -0.2) is 18.0 Å². The monoisotopic (exact) mass is 146 g/mol. The lowest BCUT2D eigenvalue weighted by Crippen LogP contribution is -2.15. The number of ether oxygens (including phenoxy) is 1. The average Bonchev–Trinajstić information content (AvgIpc) is 1.88. The summed E-state index contributed by atoms with van der Waals surface area (Å²) in [6.07, 6.45) is -0.161. The first-order chi connectivity index (χ1) is 4.63. The Morgan fingerprint density at radius 1 is 1.70 bits per heavy atom. The van der Waals surface area contributed by atoms with Crippen LogP contribution >= 0.6 is 0 Å². The lowest BCUT2D eigenvalue weighted by molar-refractivity contribution is -0.433. The van der Waals surface area contributed by atoms with Gasteiger partial charge >= 0.3 is 11.7 Å². The van der Waals surface area contributed by atoms with Crippen LogP contribution in [0.3, 0.4) is 0 Å². The van der Waals surface area contributed by atoms with Crippen LogP contribution in [0.4, 0.5) is 0 Å². The van der Waals surface area contributed by atoms with Crippen molar-refractivity contribution in [3.05, 3.63) is 22.1 Å². The third kappa shape index (κ3) is 1.73. The maximum absolute atomic E-state index is 10.3. The number of carbonyl (C=O) groups excluding carboxylic acids is 1. The van der Waals surface area contributed by atoms with E-state index in [2.05, 4.69) is 4.74 Å². The molecule has 0 radical (unpaired) electrons. The molecular formula is C4H4NO5-. The summed E-state index contributed by atoms with van der Waals surface area (Å²) in [6, 6.07) is 0. The van der Waals surface area contributed by atoms with Gasteiger partial charge < -0.3 is 9.84 Å². The fourth-order valence-corrected chi connectivity index (χ4v) is 0.270. The summed E-state index contributed by atoms with van der Waals surface area (Å²) >= 11 is 0. The molecule has 0 amide bonds. The van der Waals surface area contributed by atoms with Crippen LogP contribution in [0.2, 0.25) is 0 Å². The van der Waals surface area contributed by atoms with Crippen molar-refractivity contribution < 1.29 is 19.6 Å². The summed E-state index contributed by atoms with van der Waals surface area (Å²) < 4.78 is 3.92. The minimum absolute atomic E-state index is 0.161. The molecule has 0 saturated carbocycles. The van der Waals surface area contributed by atoms with Crippen LogP contribution in [0.15, 0.2) is 12.0 Å². The Labute approximate surface area is 55.9 Å². The Morgan fingerprint density at radius 2 is 2.20 bits per heavy atom. The molecule has 6 heteroatoms. The highest BCUT2D eigenvalue weighted by Gasteiger charge is 2.18. The second-order valence-electron chi connectivity index (χ2n) is 1.25. The van der Waals surface area contributed by atoms with Gasteiger partial charge in [0.25, 0.3) is 0 Å². The molecule has 0 atom stereocenters. The average molecular weight is 146 g/mol. The lowest BCUT2D eigenvalue weighted by atomic mass is 10.5. The summed E-state index contributed by atoms with van der Waals surface area (Å²) in [7, 11) is 0.954. The van der Waals surface area contributed by atoms with E-state index in [-0.39, 0.29) is 6.26 Å². The van der Waals surface area contributed by atoms with Crippen LogP contribution in [0.25, 0.3) is 0 Å². The molecule has 0 fully saturated rings. The van der Waals surface area contributed by atoms with Crippen molar-refractivity contribution in [1.29, 1.82) is 0 Å². The van der Waals surface area contributed by atoms with Crippen molar-refractivity contribution in [3.8, 4) is 0 Å². The number of methoxy groups -OCH3 is 1. The van der Waals surface area contributed by atoms with Gasteiger partial charge in [-0.05, 0) is 0 Å². The Bertz CT molecular complexity index is 184. The molecule has 0 aromatic heterocycles. The van der Waals surface area contributed by atoms with Crippen molar-refractivity contribution in [3.63, 3.8) is 0 Å². The third-order valence-corrected chi connectivity index (χ3v) is 0.703. The Morgan fingerprint density at radius 3 is 2.30 bits per heavy atom. The van der Waals surface area contributed by atoms with Gasteiger partial charge in [0, 0.05) is 0 Å². The van der Waals surface area contributed by atoms with Crippen molar-refractivity contribution in [2.75, 3.05) is 7.11 Å². The van der Waals surface area contributed by atoms with E-state index in [9.17, 15) is 20.0 Å². The number of carbonyl (C=O) groups is 1. The van der Waals surface area contributed by atoms with E-state index in [0.29, 0.717) is 0 Å². The zero-order chi connectivity index (χ0) is 8.15. The van der Waals surface area contributed by atoms with E-state index in [1.54, 1.807) is 0 Å². The van der Waals surface area contributed by atoms with E-state index in [0.717, 1.165) is 7.11 Å². The molecule has 56 valence electrons. The van der Waals surface area contributed by atoms with E-state index in [4.69, 9.17) is 0 Å². The quantitative estimate of drug-likeness (QED) is 0.158. The predicted molar refractivity (Wildman–Crippen MR) is 27.1 cm³/mol.